The molecule has 1 heterocycles. The molecule has 1 N–H and O–H groups in total. The Labute approximate surface area is 198 Å². The van der Waals surface area contributed by atoms with Gasteiger partial charge in [0.2, 0.25) is 5.91 Å². The number of rotatable bonds is 6. The second-order valence-corrected chi connectivity index (χ2v) is 8.72. The van der Waals surface area contributed by atoms with Crippen LogP contribution in [0.1, 0.15) is 0 Å². The summed E-state index contributed by atoms with van der Waals surface area (Å²) in [5, 5.41) is 14.0. The minimum absolute atomic E-state index is 0.161. The summed E-state index contributed by atoms with van der Waals surface area (Å²) < 4.78 is 1.89. The third-order valence-corrected chi connectivity index (χ3v) is 5.97. The molecule has 4 aromatic rings. The van der Waals surface area contributed by atoms with Gasteiger partial charge >= 0.3 is 0 Å². The molecule has 0 aliphatic heterocycles. The Hall–Kier alpha value is -2.51. The van der Waals surface area contributed by atoms with Crippen molar-refractivity contribution in [2.24, 2.45) is 0 Å². The molecular formula is C22H15Cl3N4OS. The average Bonchev–Trinajstić information content (AvgIpc) is 3.19. The molecule has 1 aromatic heterocycles. The zero-order valence-electron chi connectivity index (χ0n) is 15.9. The molecule has 0 aliphatic carbocycles. The SMILES string of the molecule is O=C(CSc1nnc(-c2ccc(Cl)cc2)n1-c1ccc(Cl)cc1)Nc1ccc(Cl)cc1. The van der Waals surface area contributed by atoms with E-state index in [-0.39, 0.29) is 11.7 Å². The first-order chi connectivity index (χ1) is 15.0. The topological polar surface area (TPSA) is 59.8 Å². The van der Waals surface area contributed by atoms with Crippen LogP contribution in [0.4, 0.5) is 5.69 Å². The van der Waals surface area contributed by atoms with Gasteiger partial charge in [0.05, 0.1) is 5.75 Å². The number of thioether (sulfide) groups is 1. The van der Waals surface area contributed by atoms with Gasteiger partial charge in [-0.1, -0.05) is 46.6 Å². The zero-order valence-corrected chi connectivity index (χ0v) is 19.0. The van der Waals surface area contributed by atoms with Crippen molar-refractivity contribution in [2.45, 2.75) is 5.16 Å². The highest BCUT2D eigenvalue weighted by Gasteiger charge is 2.17. The second-order valence-electron chi connectivity index (χ2n) is 6.47. The number of hydrogen-bond donors (Lipinski definition) is 1. The number of carbonyl (C=O) groups is 1. The third kappa shape index (κ3) is 5.40. The first-order valence-electron chi connectivity index (χ1n) is 9.15. The minimum atomic E-state index is -0.161. The van der Waals surface area contributed by atoms with E-state index in [9.17, 15) is 4.79 Å². The van der Waals surface area contributed by atoms with E-state index >= 15 is 0 Å². The molecule has 0 bridgehead atoms. The summed E-state index contributed by atoms with van der Waals surface area (Å²) in [4.78, 5) is 12.4. The smallest absolute Gasteiger partial charge is 0.234 e. The molecule has 1 amide bonds. The number of nitrogens with zero attached hydrogens (tertiary/aromatic N) is 3. The van der Waals surface area contributed by atoms with Crippen LogP contribution in [0.25, 0.3) is 17.1 Å². The van der Waals surface area contributed by atoms with Crippen molar-refractivity contribution in [3.63, 3.8) is 0 Å². The van der Waals surface area contributed by atoms with Crippen molar-refractivity contribution in [3.8, 4) is 17.1 Å². The van der Waals surface area contributed by atoms with Crippen LogP contribution in [0.2, 0.25) is 15.1 Å². The van der Waals surface area contributed by atoms with Crippen molar-refractivity contribution >= 4 is 58.2 Å². The molecule has 0 radical (unpaired) electrons. The molecule has 31 heavy (non-hydrogen) atoms. The van der Waals surface area contributed by atoms with Crippen LogP contribution in [0, 0.1) is 0 Å². The van der Waals surface area contributed by atoms with Crippen molar-refractivity contribution in [1.82, 2.24) is 14.8 Å². The van der Waals surface area contributed by atoms with Crippen LogP contribution in [0.5, 0.6) is 0 Å². The Bertz CT molecular complexity index is 1190. The summed E-state index contributed by atoms with van der Waals surface area (Å²) in [5.74, 6) is 0.639. The summed E-state index contributed by atoms with van der Waals surface area (Å²) in [5.41, 5.74) is 2.36. The van der Waals surface area contributed by atoms with E-state index in [1.165, 1.54) is 11.8 Å². The highest BCUT2D eigenvalue weighted by molar-refractivity contribution is 7.99. The number of anilines is 1. The molecule has 0 saturated carbocycles. The molecule has 0 aliphatic rings. The molecule has 0 saturated heterocycles. The number of hydrogen-bond acceptors (Lipinski definition) is 4. The highest BCUT2D eigenvalue weighted by Crippen LogP contribution is 2.29. The fourth-order valence-corrected chi connectivity index (χ4v) is 3.96. The normalized spacial score (nSPS) is 10.8. The number of carbonyl (C=O) groups excluding carboxylic acids is 1. The predicted octanol–water partition coefficient (Wildman–Crippen LogP) is 6.63. The summed E-state index contributed by atoms with van der Waals surface area (Å²) in [6.45, 7) is 0. The molecule has 5 nitrogen and oxygen atoms in total. The standard InChI is InChI=1S/C22H15Cl3N4OS/c23-15-3-1-14(2-4-15)21-27-28-22(29(21)19-11-7-17(25)8-12-19)31-13-20(30)26-18-9-5-16(24)6-10-18/h1-12H,13H2,(H,26,30). The highest BCUT2D eigenvalue weighted by atomic mass is 35.5. The van der Waals surface area contributed by atoms with E-state index in [4.69, 9.17) is 34.8 Å². The number of aromatic nitrogens is 3. The Morgan fingerprint density at radius 2 is 1.35 bits per heavy atom. The molecule has 0 spiro atoms. The summed E-state index contributed by atoms with van der Waals surface area (Å²) >= 11 is 19.3. The van der Waals surface area contributed by atoms with Gasteiger partial charge in [-0.25, -0.2) is 0 Å². The Kier molecular flexibility index (Phi) is 6.83. The molecule has 4 rings (SSSR count). The maximum absolute atomic E-state index is 12.4. The van der Waals surface area contributed by atoms with Gasteiger partial charge < -0.3 is 5.32 Å². The maximum Gasteiger partial charge on any atom is 0.234 e. The van der Waals surface area contributed by atoms with Gasteiger partial charge in [0, 0.05) is 32.0 Å². The van der Waals surface area contributed by atoms with Gasteiger partial charge in [-0.3, -0.25) is 9.36 Å². The number of halogens is 3. The van der Waals surface area contributed by atoms with Crippen molar-refractivity contribution in [3.05, 3.63) is 87.9 Å². The minimum Gasteiger partial charge on any atom is -0.325 e. The first-order valence-corrected chi connectivity index (χ1v) is 11.3. The van der Waals surface area contributed by atoms with Gasteiger partial charge in [-0.05, 0) is 72.8 Å². The summed E-state index contributed by atoms with van der Waals surface area (Å²) in [6.07, 6.45) is 0. The Balaban J connectivity index is 1.59. The second kappa shape index (κ2) is 9.75. The van der Waals surface area contributed by atoms with Crippen molar-refractivity contribution in [2.75, 3.05) is 11.1 Å². The van der Waals surface area contributed by atoms with Gasteiger partial charge in [0.15, 0.2) is 11.0 Å². The lowest BCUT2D eigenvalue weighted by Gasteiger charge is -2.11. The number of nitrogens with one attached hydrogen (secondary N) is 1. The molecule has 0 atom stereocenters. The van der Waals surface area contributed by atoms with Crippen molar-refractivity contribution in [1.29, 1.82) is 0 Å². The van der Waals surface area contributed by atoms with E-state index in [2.05, 4.69) is 15.5 Å². The monoisotopic (exact) mass is 488 g/mol. The fourth-order valence-electron chi connectivity index (χ4n) is 2.83. The predicted molar refractivity (Wildman–Crippen MR) is 128 cm³/mol. The van der Waals surface area contributed by atoms with Crippen molar-refractivity contribution < 1.29 is 4.79 Å². The van der Waals surface area contributed by atoms with Gasteiger partial charge in [-0.15, -0.1) is 10.2 Å². The lowest BCUT2D eigenvalue weighted by atomic mass is 10.2. The quantitative estimate of drug-likeness (QED) is 0.309. The maximum atomic E-state index is 12.4. The lowest BCUT2D eigenvalue weighted by Crippen LogP contribution is -2.14. The van der Waals surface area contributed by atoms with Gasteiger partial charge in [-0.2, -0.15) is 0 Å². The molecule has 3 aromatic carbocycles. The molecule has 156 valence electrons. The van der Waals surface area contributed by atoms with Crippen LogP contribution >= 0.6 is 46.6 Å². The van der Waals surface area contributed by atoms with Crippen LogP contribution in [-0.2, 0) is 4.79 Å². The molecular weight excluding hydrogens is 475 g/mol. The molecule has 0 fully saturated rings. The van der Waals surface area contributed by atoms with Crippen LogP contribution in [0.15, 0.2) is 78.0 Å². The van der Waals surface area contributed by atoms with E-state index < -0.39 is 0 Å². The van der Waals surface area contributed by atoms with Gasteiger partial charge in [0.1, 0.15) is 0 Å². The Morgan fingerprint density at radius 3 is 1.97 bits per heavy atom. The molecule has 0 unspecified atom stereocenters. The third-order valence-electron chi connectivity index (χ3n) is 4.28. The largest absolute Gasteiger partial charge is 0.325 e. The first kappa shape index (κ1) is 21.7. The summed E-state index contributed by atoms with van der Waals surface area (Å²) in [6, 6.07) is 21.6. The van der Waals surface area contributed by atoms with Crippen LogP contribution in [0.3, 0.4) is 0 Å². The zero-order chi connectivity index (χ0) is 21.8. The number of amides is 1. The van der Waals surface area contributed by atoms with E-state index in [1.807, 2.05) is 28.8 Å². The number of benzene rings is 3. The van der Waals surface area contributed by atoms with E-state index in [0.717, 1.165) is 11.3 Å². The lowest BCUT2D eigenvalue weighted by molar-refractivity contribution is -0.113. The molecule has 9 heteroatoms. The van der Waals surface area contributed by atoms with E-state index in [0.29, 0.717) is 31.7 Å². The summed E-state index contributed by atoms with van der Waals surface area (Å²) in [7, 11) is 0. The van der Waals surface area contributed by atoms with E-state index in [1.54, 1.807) is 48.5 Å². The van der Waals surface area contributed by atoms with Gasteiger partial charge in [0.25, 0.3) is 0 Å². The Morgan fingerprint density at radius 1 is 0.806 bits per heavy atom. The van der Waals surface area contributed by atoms with Crippen LogP contribution in [-0.4, -0.2) is 26.4 Å². The average molecular weight is 490 g/mol. The fraction of sp³-hybridized carbons (Fsp3) is 0.0455. The van der Waals surface area contributed by atoms with Crippen LogP contribution < -0.4 is 5.32 Å².